The summed E-state index contributed by atoms with van der Waals surface area (Å²) >= 11 is 0. The van der Waals surface area contributed by atoms with E-state index in [1.807, 2.05) is 36.4 Å². The van der Waals surface area contributed by atoms with Crippen LogP contribution in [0.5, 0.6) is 0 Å². The maximum absolute atomic E-state index is 5.91. The highest BCUT2D eigenvalue weighted by Crippen LogP contribution is 2.23. The Hall–Kier alpha value is -1.87. The molecule has 0 radical (unpaired) electrons. The molecule has 1 aromatic heterocycles. The van der Waals surface area contributed by atoms with Gasteiger partial charge in [0.2, 0.25) is 0 Å². The molecule has 2 rings (SSSR count). The molecule has 76 valence electrons. The van der Waals surface area contributed by atoms with Gasteiger partial charge in [0, 0.05) is 18.3 Å². The minimum atomic E-state index is 0.465. The van der Waals surface area contributed by atoms with Gasteiger partial charge in [0.05, 0.1) is 11.4 Å². The number of rotatable bonds is 2. The van der Waals surface area contributed by atoms with Crippen molar-refractivity contribution >= 4 is 5.69 Å². The predicted molar refractivity (Wildman–Crippen MR) is 62.0 cm³/mol. The second kappa shape index (κ2) is 4.11. The first-order valence-corrected chi connectivity index (χ1v) is 4.81. The minimum absolute atomic E-state index is 0.465. The lowest BCUT2D eigenvalue weighted by Crippen LogP contribution is -2.00. The van der Waals surface area contributed by atoms with E-state index in [1.54, 1.807) is 6.20 Å². The smallest absolute Gasteiger partial charge is 0.0931 e. The molecule has 15 heavy (non-hydrogen) atoms. The van der Waals surface area contributed by atoms with Crippen molar-refractivity contribution in [1.82, 2.24) is 4.98 Å². The Balaban J connectivity index is 2.46. The summed E-state index contributed by atoms with van der Waals surface area (Å²) in [5.74, 6) is 0. The standard InChI is InChI=1S/C12H13N3/c13-7-9-6-11(14)12(15-8-9)10-4-2-1-3-5-10/h1-6,8H,7,13-14H2. The van der Waals surface area contributed by atoms with Crippen LogP contribution in [0.4, 0.5) is 5.69 Å². The van der Waals surface area contributed by atoms with Gasteiger partial charge in [-0.15, -0.1) is 0 Å². The predicted octanol–water partition coefficient (Wildman–Crippen LogP) is 1.79. The summed E-state index contributed by atoms with van der Waals surface area (Å²) in [6, 6.07) is 11.7. The molecule has 2 aromatic rings. The van der Waals surface area contributed by atoms with E-state index in [2.05, 4.69) is 4.98 Å². The van der Waals surface area contributed by atoms with E-state index in [1.165, 1.54) is 0 Å². The first-order chi connectivity index (χ1) is 7.31. The van der Waals surface area contributed by atoms with Gasteiger partial charge in [-0.25, -0.2) is 0 Å². The third-order valence-electron chi connectivity index (χ3n) is 2.26. The van der Waals surface area contributed by atoms with Crippen molar-refractivity contribution in [1.29, 1.82) is 0 Å². The molecular formula is C12H13N3. The van der Waals surface area contributed by atoms with Crippen LogP contribution in [0.1, 0.15) is 5.56 Å². The monoisotopic (exact) mass is 199 g/mol. The summed E-state index contributed by atoms with van der Waals surface area (Å²) in [6.45, 7) is 0.465. The van der Waals surface area contributed by atoms with Crippen molar-refractivity contribution in [2.24, 2.45) is 5.73 Å². The average Bonchev–Trinajstić information content (AvgIpc) is 2.30. The van der Waals surface area contributed by atoms with Crippen LogP contribution in [0.3, 0.4) is 0 Å². The molecule has 1 heterocycles. The van der Waals surface area contributed by atoms with Crippen molar-refractivity contribution in [3.05, 3.63) is 48.2 Å². The molecule has 0 saturated carbocycles. The molecule has 0 bridgehead atoms. The van der Waals surface area contributed by atoms with Crippen molar-refractivity contribution in [2.75, 3.05) is 5.73 Å². The minimum Gasteiger partial charge on any atom is -0.397 e. The van der Waals surface area contributed by atoms with Crippen molar-refractivity contribution in [3.63, 3.8) is 0 Å². The summed E-state index contributed by atoms with van der Waals surface area (Å²) in [5, 5.41) is 0. The van der Waals surface area contributed by atoms with Crippen LogP contribution in [0.25, 0.3) is 11.3 Å². The first-order valence-electron chi connectivity index (χ1n) is 4.81. The molecule has 0 spiro atoms. The summed E-state index contributed by atoms with van der Waals surface area (Å²) in [6.07, 6.45) is 1.76. The van der Waals surface area contributed by atoms with E-state index in [0.29, 0.717) is 12.2 Å². The fourth-order valence-electron chi connectivity index (χ4n) is 1.48. The maximum Gasteiger partial charge on any atom is 0.0931 e. The molecule has 0 fully saturated rings. The molecular weight excluding hydrogens is 186 g/mol. The second-order valence-corrected chi connectivity index (χ2v) is 3.35. The van der Waals surface area contributed by atoms with Crippen LogP contribution in [-0.2, 0) is 6.54 Å². The third kappa shape index (κ3) is 1.97. The highest BCUT2D eigenvalue weighted by atomic mass is 14.7. The normalized spacial score (nSPS) is 10.2. The molecule has 0 aliphatic carbocycles. The second-order valence-electron chi connectivity index (χ2n) is 3.35. The number of anilines is 1. The Kier molecular flexibility index (Phi) is 2.65. The van der Waals surface area contributed by atoms with E-state index in [0.717, 1.165) is 16.8 Å². The van der Waals surface area contributed by atoms with E-state index in [4.69, 9.17) is 11.5 Å². The Labute approximate surface area is 88.8 Å². The van der Waals surface area contributed by atoms with Crippen LogP contribution in [-0.4, -0.2) is 4.98 Å². The number of hydrogen-bond acceptors (Lipinski definition) is 3. The average molecular weight is 199 g/mol. The van der Waals surface area contributed by atoms with E-state index in [-0.39, 0.29) is 0 Å². The SMILES string of the molecule is NCc1cnc(-c2ccccc2)c(N)c1. The van der Waals surface area contributed by atoms with E-state index in [9.17, 15) is 0 Å². The van der Waals surface area contributed by atoms with Gasteiger partial charge in [0.1, 0.15) is 0 Å². The lowest BCUT2D eigenvalue weighted by Gasteiger charge is -2.06. The number of hydrogen-bond donors (Lipinski definition) is 2. The largest absolute Gasteiger partial charge is 0.397 e. The van der Waals surface area contributed by atoms with Gasteiger partial charge >= 0.3 is 0 Å². The van der Waals surface area contributed by atoms with Crippen molar-refractivity contribution in [2.45, 2.75) is 6.54 Å². The number of pyridine rings is 1. The summed E-state index contributed by atoms with van der Waals surface area (Å²) in [7, 11) is 0. The highest BCUT2D eigenvalue weighted by molar-refractivity contribution is 5.72. The van der Waals surface area contributed by atoms with Crippen molar-refractivity contribution < 1.29 is 0 Å². The fraction of sp³-hybridized carbons (Fsp3) is 0.0833. The number of aromatic nitrogens is 1. The van der Waals surface area contributed by atoms with Gasteiger partial charge in [0.25, 0.3) is 0 Å². The lowest BCUT2D eigenvalue weighted by molar-refractivity contribution is 1.05. The Morgan fingerprint density at radius 3 is 2.47 bits per heavy atom. The molecule has 3 nitrogen and oxygen atoms in total. The Bertz CT molecular complexity index is 452. The van der Waals surface area contributed by atoms with Crippen LogP contribution in [0.15, 0.2) is 42.6 Å². The van der Waals surface area contributed by atoms with Crippen LogP contribution in [0.2, 0.25) is 0 Å². The molecule has 0 aliphatic rings. The molecule has 1 aromatic carbocycles. The van der Waals surface area contributed by atoms with Crippen molar-refractivity contribution in [3.8, 4) is 11.3 Å². The topological polar surface area (TPSA) is 64.9 Å². The van der Waals surface area contributed by atoms with Gasteiger partial charge in [-0.05, 0) is 11.6 Å². The summed E-state index contributed by atoms with van der Waals surface area (Å²) in [4.78, 5) is 4.31. The summed E-state index contributed by atoms with van der Waals surface area (Å²) in [5.41, 5.74) is 14.9. The third-order valence-corrected chi connectivity index (χ3v) is 2.26. The van der Waals surface area contributed by atoms with Crippen LogP contribution in [0, 0.1) is 0 Å². The molecule has 0 atom stereocenters. The zero-order valence-electron chi connectivity index (χ0n) is 8.35. The number of nitrogens with two attached hydrogens (primary N) is 2. The van der Waals surface area contributed by atoms with Gasteiger partial charge < -0.3 is 11.5 Å². The van der Waals surface area contributed by atoms with Gasteiger partial charge in [-0.1, -0.05) is 30.3 Å². The zero-order valence-corrected chi connectivity index (χ0v) is 8.35. The molecule has 0 unspecified atom stereocenters. The van der Waals surface area contributed by atoms with E-state index < -0.39 is 0 Å². The molecule has 0 aliphatic heterocycles. The van der Waals surface area contributed by atoms with Crippen LogP contribution < -0.4 is 11.5 Å². The zero-order chi connectivity index (χ0) is 10.7. The number of nitrogens with zero attached hydrogens (tertiary/aromatic N) is 1. The van der Waals surface area contributed by atoms with Gasteiger partial charge in [0.15, 0.2) is 0 Å². The highest BCUT2D eigenvalue weighted by Gasteiger charge is 2.03. The Morgan fingerprint density at radius 1 is 1.13 bits per heavy atom. The van der Waals surface area contributed by atoms with Crippen LogP contribution >= 0.6 is 0 Å². The Morgan fingerprint density at radius 2 is 1.87 bits per heavy atom. The maximum atomic E-state index is 5.91. The summed E-state index contributed by atoms with van der Waals surface area (Å²) < 4.78 is 0. The fourth-order valence-corrected chi connectivity index (χ4v) is 1.48. The first kappa shape index (κ1) is 9.68. The number of benzene rings is 1. The number of nitrogen functional groups attached to an aromatic ring is 1. The van der Waals surface area contributed by atoms with E-state index >= 15 is 0 Å². The van der Waals surface area contributed by atoms with Gasteiger partial charge in [-0.2, -0.15) is 0 Å². The molecule has 3 heteroatoms. The lowest BCUT2D eigenvalue weighted by atomic mass is 10.1. The quantitative estimate of drug-likeness (QED) is 0.775. The van der Waals surface area contributed by atoms with Gasteiger partial charge in [-0.3, -0.25) is 4.98 Å². The molecule has 0 amide bonds. The molecule has 0 saturated heterocycles. The molecule has 4 N–H and O–H groups in total.